The Morgan fingerprint density at radius 3 is 2.37 bits per heavy atom. The van der Waals surface area contributed by atoms with Gasteiger partial charge in [0.15, 0.2) is 0 Å². The van der Waals surface area contributed by atoms with Crippen molar-refractivity contribution in [3.05, 3.63) is 29.3 Å². The Kier molecular flexibility index (Phi) is 4.57. The van der Waals surface area contributed by atoms with Crippen molar-refractivity contribution in [2.45, 2.75) is 58.0 Å². The first kappa shape index (κ1) is 19.1. The van der Waals surface area contributed by atoms with E-state index in [0.717, 1.165) is 11.3 Å². The molecule has 2 aliphatic rings. The van der Waals surface area contributed by atoms with Crippen LogP contribution in [0.4, 0.5) is 10.5 Å². The fraction of sp³-hybridized carbons (Fsp3) is 0.500. The fourth-order valence-corrected chi connectivity index (χ4v) is 3.44. The van der Waals surface area contributed by atoms with Gasteiger partial charge in [-0.2, -0.15) is 0 Å². The quantitative estimate of drug-likeness (QED) is 0.597. The summed E-state index contributed by atoms with van der Waals surface area (Å²) in [6.45, 7) is 7.05. The van der Waals surface area contributed by atoms with Gasteiger partial charge in [0.05, 0.1) is 23.3 Å². The van der Waals surface area contributed by atoms with E-state index in [-0.39, 0.29) is 23.8 Å². The maximum Gasteiger partial charge on any atom is 0.422 e. The molecule has 0 aromatic heterocycles. The van der Waals surface area contributed by atoms with E-state index in [1.807, 2.05) is 0 Å². The van der Waals surface area contributed by atoms with Gasteiger partial charge in [-0.25, -0.2) is 9.69 Å². The number of esters is 1. The van der Waals surface area contributed by atoms with Crippen molar-refractivity contribution in [3.8, 4) is 0 Å². The van der Waals surface area contributed by atoms with Gasteiger partial charge in [-0.3, -0.25) is 14.4 Å². The van der Waals surface area contributed by atoms with E-state index < -0.39 is 28.8 Å². The van der Waals surface area contributed by atoms with Crippen molar-refractivity contribution < 1.29 is 28.7 Å². The summed E-state index contributed by atoms with van der Waals surface area (Å²) in [5.74, 6) is -2.05. The van der Waals surface area contributed by atoms with Crippen LogP contribution in [0.25, 0.3) is 0 Å². The second-order valence-electron chi connectivity index (χ2n) is 7.84. The molecule has 0 saturated heterocycles. The lowest BCUT2D eigenvalue weighted by molar-refractivity contribution is -0.153. The highest BCUT2D eigenvalue weighted by Crippen LogP contribution is 2.46. The van der Waals surface area contributed by atoms with Crippen LogP contribution in [0.2, 0.25) is 0 Å². The van der Waals surface area contributed by atoms with E-state index in [4.69, 9.17) is 9.47 Å². The van der Waals surface area contributed by atoms with Crippen molar-refractivity contribution >= 4 is 29.4 Å². The summed E-state index contributed by atoms with van der Waals surface area (Å²) < 4.78 is 10.4. The lowest BCUT2D eigenvalue weighted by Gasteiger charge is -2.39. The second-order valence-corrected chi connectivity index (χ2v) is 7.84. The standard InChI is InChI=1S/C20H23NO6/c1-5-26-17(24)20(9-6-10-20)12-7-8-14-13(11-12)15(22)16(23)21(14)18(25)27-19(2,3)4/h7-8,11H,5-6,9-10H2,1-4H3. The zero-order valence-electron chi connectivity index (χ0n) is 16.0. The van der Waals surface area contributed by atoms with Crippen molar-refractivity contribution in [3.63, 3.8) is 0 Å². The summed E-state index contributed by atoms with van der Waals surface area (Å²) in [6.07, 6.45) is 1.24. The normalized spacial score (nSPS) is 18.0. The number of carbonyl (C=O) groups excluding carboxylic acids is 4. The van der Waals surface area contributed by atoms with Crippen molar-refractivity contribution in [2.24, 2.45) is 0 Å². The number of hydrogen-bond donors (Lipinski definition) is 0. The zero-order chi connectivity index (χ0) is 20.0. The number of imide groups is 1. The van der Waals surface area contributed by atoms with Gasteiger partial charge in [0.2, 0.25) is 0 Å². The predicted octanol–water partition coefficient (Wildman–Crippen LogP) is 3.14. The van der Waals surface area contributed by atoms with E-state index in [9.17, 15) is 19.2 Å². The molecule has 0 spiro atoms. The molecule has 144 valence electrons. The molecule has 0 unspecified atom stereocenters. The maximum atomic E-state index is 12.5. The first-order valence-corrected chi connectivity index (χ1v) is 9.04. The van der Waals surface area contributed by atoms with Crippen LogP contribution >= 0.6 is 0 Å². The minimum atomic E-state index is -0.949. The van der Waals surface area contributed by atoms with Gasteiger partial charge >= 0.3 is 18.0 Å². The highest BCUT2D eigenvalue weighted by Gasteiger charge is 2.49. The second kappa shape index (κ2) is 6.48. The summed E-state index contributed by atoms with van der Waals surface area (Å²) in [4.78, 5) is 50.4. The lowest BCUT2D eigenvalue weighted by Crippen LogP contribution is -2.43. The van der Waals surface area contributed by atoms with E-state index >= 15 is 0 Å². The molecule has 1 aromatic carbocycles. The minimum absolute atomic E-state index is 0.110. The molecule has 3 rings (SSSR count). The molecule has 27 heavy (non-hydrogen) atoms. The molecule has 1 aliphatic heterocycles. The van der Waals surface area contributed by atoms with Crippen LogP contribution in [-0.4, -0.2) is 36.0 Å². The molecule has 1 aromatic rings. The molecule has 7 nitrogen and oxygen atoms in total. The van der Waals surface area contributed by atoms with Gasteiger partial charge in [-0.05, 0) is 58.2 Å². The summed E-state index contributed by atoms with van der Waals surface area (Å²) >= 11 is 0. The highest BCUT2D eigenvalue weighted by molar-refractivity contribution is 6.56. The first-order valence-electron chi connectivity index (χ1n) is 9.04. The topological polar surface area (TPSA) is 90.0 Å². The molecule has 1 saturated carbocycles. The number of nitrogens with zero attached hydrogens (tertiary/aromatic N) is 1. The largest absolute Gasteiger partial charge is 0.465 e. The Morgan fingerprint density at radius 1 is 1.19 bits per heavy atom. The van der Waals surface area contributed by atoms with Crippen LogP contribution in [0.5, 0.6) is 0 Å². The maximum absolute atomic E-state index is 12.5. The van der Waals surface area contributed by atoms with Gasteiger partial charge in [0, 0.05) is 0 Å². The molecule has 0 bridgehead atoms. The number of fused-ring (bicyclic) bond motifs is 1. The number of ketones is 1. The van der Waals surface area contributed by atoms with Crippen LogP contribution < -0.4 is 4.90 Å². The van der Waals surface area contributed by atoms with E-state index in [1.165, 1.54) is 12.1 Å². The molecule has 0 atom stereocenters. The van der Waals surface area contributed by atoms with Gasteiger partial charge in [-0.1, -0.05) is 12.5 Å². The Morgan fingerprint density at radius 2 is 1.85 bits per heavy atom. The number of amides is 2. The molecule has 0 radical (unpaired) electrons. The van der Waals surface area contributed by atoms with Crippen LogP contribution in [-0.2, 0) is 24.5 Å². The summed E-state index contributed by atoms with van der Waals surface area (Å²) in [5.41, 5.74) is -0.658. The van der Waals surface area contributed by atoms with Gasteiger partial charge in [0.1, 0.15) is 5.60 Å². The average Bonchev–Trinajstić information content (AvgIpc) is 2.76. The summed E-state index contributed by atoms with van der Waals surface area (Å²) in [5, 5.41) is 0. The number of carbonyl (C=O) groups is 4. The van der Waals surface area contributed by atoms with E-state index in [2.05, 4.69) is 0 Å². The van der Waals surface area contributed by atoms with E-state index in [0.29, 0.717) is 18.4 Å². The SMILES string of the molecule is CCOC(=O)C1(c2ccc3c(c2)C(=O)C(=O)N3C(=O)OC(C)(C)C)CCC1. The van der Waals surface area contributed by atoms with Crippen molar-refractivity contribution in [2.75, 3.05) is 11.5 Å². The van der Waals surface area contributed by atoms with Crippen molar-refractivity contribution in [1.29, 1.82) is 0 Å². The summed E-state index contributed by atoms with van der Waals surface area (Å²) in [6, 6.07) is 4.74. The Labute approximate surface area is 157 Å². The number of Topliss-reactive ketones (excluding diaryl/α,β-unsaturated/α-hetero) is 1. The Bertz CT molecular complexity index is 831. The smallest absolute Gasteiger partial charge is 0.422 e. The number of benzene rings is 1. The number of ether oxygens (including phenoxy) is 2. The lowest BCUT2D eigenvalue weighted by atomic mass is 9.64. The third-order valence-electron chi connectivity index (χ3n) is 4.88. The van der Waals surface area contributed by atoms with E-state index in [1.54, 1.807) is 33.8 Å². The number of rotatable bonds is 3. The third kappa shape index (κ3) is 3.11. The van der Waals surface area contributed by atoms with Gasteiger partial charge < -0.3 is 9.47 Å². The van der Waals surface area contributed by atoms with Gasteiger partial charge in [-0.15, -0.1) is 0 Å². The average molecular weight is 373 g/mol. The Balaban J connectivity index is 1.98. The Hall–Kier alpha value is -2.70. The third-order valence-corrected chi connectivity index (χ3v) is 4.88. The first-order chi connectivity index (χ1) is 12.6. The molecule has 1 fully saturated rings. The predicted molar refractivity (Wildman–Crippen MR) is 96.7 cm³/mol. The molecule has 1 aliphatic carbocycles. The number of anilines is 1. The molecular formula is C20H23NO6. The molecule has 0 N–H and O–H groups in total. The van der Waals surface area contributed by atoms with Crippen LogP contribution in [0, 0.1) is 0 Å². The summed E-state index contributed by atoms with van der Waals surface area (Å²) in [7, 11) is 0. The van der Waals surface area contributed by atoms with Crippen molar-refractivity contribution in [1.82, 2.24) is 0 Å². The fourth-order valence-electron chi connectivity index (χ4n) is 3.44. The van der Waals surface area contributed by atoms with Gasteiger partial charge in [0.25, 0.3) is 5.78 Å². The zero-order valence-corrected chi connectivity index (χ0v) is 16.0. The molecular weight excluding hydrogens is 350 g/mol. The van der Waals surface area contributed by atoms with Crippen LogP contribution in [0.15, 0.2) is 18.2 Å². The highest BCUT2D eigenvalue weighted by atomic mass is 16.6. The molecule has 2 amide bonds. The number of hydrogen-bond acceptors (Lipinski definition) is 6. The monoisotopic (exact) mass is 373 g/mol. The van der Waals surface area contributed by atoms with Crippen LogP contribution in [0.3, 0.4) is 0 Å². The molecule has 1 heterocycles. The van der Waals surface area contributed by atoms with Crippen LogP contribution in [0.1, 0.15) is 62.9 Å². The minimum Gasteiger partial charge on any atom is -0.465 e. The molecule has 7 heteroatoms.